The van der Waals surface area contributed by atoms with E-state index >= 15 is 0 Å². The number of fused-ring (bicyclic) bond motifs is 2. The van der Waals surface area contributed by atoms with Gasteiger partial charge in [0.25, 0.3) is 5.95 Å². The number of nitrogens with zero attached hydrogens (tertiary/aromatic N) is 4. The van der Waals surface area contributed by atoms with E-state index in [1.807, 2.05) is 60.7 Å². The lowest BCUT2D eigenvalue weighted by atomic mass is 9.85. The van der Waals surface area contributed by atoms with Crippen LogP contribution in [-0.4, -0.2) is 26.6 Å². The number of aromatic nitrogens is 3. The molecule has 1 N–H and O–H groups in total. The van der Waals surface area contributed by atoms with Crippen molar-refractivity contribution >= 4 is 46.9 Å². The van der Waals surface area contributed by atoms with Crippen LogP contribution in [0.2, 0.25) is 10.0 Å². The summed E-state index contributed by atoms with van der Waals surface area (Å²) in [5.74, 6) is -0.476. The molecular weight excluding hydrogens is 473 g/mol. The molecule has 1 saturated heterocycles. The molecule has 2 aliphatic heterocycles. The van der Waals surface area contributed by atoms with Gasteiger partial charge < -0.3 is 5.32 Å². The second-order valence-electron chi connectivity index (χ2n) is 8.90. The molecule has 172 valence electrons. The minimum atomic E-state index is -0.333. The van der Waals surface area contributed by atoms with E-state index in [1.165, 1.54) is 4.90 Å². The van der Waals surface area contributed by atoms with Gasteiger partial charge in [-0.25, -0.2) is 9.58 Å². The van der Waals surface area contributed by atoms with Crippen molar-refractivity contribution in [3.8, 4) is 0 Å². The maximum atomic E-state index is 13.1. The maximum Gasteiger partial charge on any atom is 0.260 e. The minimum Gasteiger partial charge on any atom is -0.347 e. The van der Waals surface area contributed by atoms with E-state index in [-0.39, 0.29) is 41.7 Å². The summed E-state index contributed by atoms with van der Waals surface area (Å²) in [6.07, 6.45) is 5.77. The topological polar surface area (TPSA) is 80.1 Å². The number of hydrogen-bond acceptors (Lipinski definition) is 5. The molecule has 0 radical (unpaired) electrons. The summed E-state index contributed by atoms with van der Waals surface area (Å²) in [7, 11) is 0. The molecule has 1 fully saturated rings. The van der Waals surface area contributed by atoms with Crippen molar-refractivity contribution in [2.45, 2.75) is 31.3 Å². The number of benzene rings is 2. The van der Waals surface area contributed by atoms with Gasteiger partial charge in [0.05, 0.1) is 23.9 Å². The van der Waals surface area contributed by atoms with Gasteiger partial charge in [-0.15, -0.1) is 5.10 Å². The molecular formula is C25H21Cl2N5O2. The zero-order valence-electron chi connectivity index (χ0n) is 18.1. The van der Waals surface area contributed by atoms with Gasteiger partial charge in [-0.2, -0.15) is 4.98 Å². The van der Waals surface area contributed by atoms with Crippen molar-refractivity contribution in [2.24, 2.45) is 11.8 Å². The highest BCUT2D eigenvalue weighted by Crippen LogP contribution is 2.41. The highest BCUT2D eigenvalue weighted by Gasteiger charge is 2.49. The van der Waals surface area contributed by atoms with Crippen LogP contribution in [-0.2, 0) is 9.59 Å². The van der Waals surface area contributed by atoms with Crippen molar-refractivity contribution in [1.82, 2.24) is 14.8 Å². The molecule has 1 aliphatic carbocycles. The average molecular weight is 494 g/mol. The third kappa shape index (κ3) is 3.51. The smallest absolute Gasteiger partial charge is 0.260 e. The summed E-state index contributed by atoms with van der Waals surface area (Å²) in [5.41, 5.74) is 2.07. The molecule has 7 nitrogen and oxygen atoms in total. The van der Waals surface area contributed by atoms with Crippen LogP contribution in [0.4, 0.5) is 11.9 Å². The maximum absolute atomic E-state index is 13.1. The Morgan fingerprint density at radius 3 is 1.97 bits per heavy atom. The molecule has 0 spiro atoms. The highest BCUT2D eigenvalue weighted by atomic mass is 35.5. The third-order valence-electron chi connectivity index (χ3n) is 6.91. The van der Waals surface area contributed by atoms with Gasteiger partial charge in [-0.1, -0.05) is 59.6 Å². The first-order valence-corrected chi connectivity index (χ1v) is 12.0. The zero-order valence-corrected chi connectivity index (χ0v) is 19.6. The van der Waals surface area contributed by atoms with Gasteiger partial charge in [0.15, 0.2) is 0 Å². The van der Waals surface area contributed by atoms with Crippen LogP contribution in [0.1, 0.15) is 42.5 Å². The first-order valence-electron chi connectivity index (χ1n) is 11.3. The Hall–Kier alpha value is -3.16. The van der Waals surface area contributed by atoms with Crippen molar-refractivity contribution in [1.29, 1.82) is 0 Å². The fourth-order valence-electron chi connectivity index (χ4n) is 5.13. The van der Waals surface area contributed by atoms with Crippen molar-refractivity contribution in [2.75, 3.05) is 10.2 Å². The van der Waals surface area contributed by atoms with Crippen LogP contribution >= 0.6 is 23.2 Å². The second kappa shape index (κ2) is 8.25. The largest absolute Gasteiger partial charge is 0.347 e. The minimum absolute atomic E-state index is 0.0562. The molecule has 9 heteroatoms. The molecule has 1 aromatic heterocycles. The van der Waals surface area contributed by atoms with Crippen LogP contribution in [0.5, 0.6) is 0 Å². The predicted octanol–water partition coefficient (Wildman–Crippen LogP) is 5.19. The van der Waals surface area contributed by atoms with Gasteiger partial charge in [0.1, 0.15) is 0 Å². The molecule has 3 aromatic rings. The van der Waals surface area contributed by atoms with E-state index in [2.05, 4.69) is 15.4 Å². The van der Waals surface area contributed by atoms with Gasteiger partial charge in [-0.05, 0) is 54.7 Å². The Balaban J connectivity index is 1.40. The number of halogens is 2. The summed E-state index contributed by atoms with van der Waals surface area (Å²) < 4.78 is 1.77. The summed E-state index contributed by atoms with van der Waals surface area (Å²) in [4.78, 5) is 32.0. The van der Waals surface area contributed by atoms with Gasteiger partial charge in [0, 0.05) is 10.0 Å². The Kier molecular flexibility index (Phi) is 5.19. The van der Waals surface area contributed by atoms with Crippen LogP contribution in [0.25, 0.3) is 0 Å². The fourth-order valence-corrected chi connectivity index (χ4v) is 5.39. The van der Waals surface area contributed by atoms with Crippen LogP contribution in [0.15, 0.2) is 60.7 Å². The van der Waals surface area contributed by atoms with Gasteiger partial charge in [0.2, 0.25) is 17.8 Å². The summed E-state index contributed by atoms with van der Waals surface area (Å²) in [6, 6.07) is 15.1. The summed E-state index contributed by atoms with van der Waals surface area (Å²) >= 11 is 12.2. The zero-order chi connectivity index (χ0) is 23.4. The lowest BCUT2D eigenvalue weighted by Crippen LogP contribution is -2.32. The van der Waals surface area contributed by atoms with Gasteiger partial charge in [-0.3, -0.25) is 9.59 Å². The summed E-state index contributed by atoms with van der Waals surface area (Å²) in [5, 5.41) is 9.42. The molecule has 3 aliphatic rings. The standard InChI is InChI=1S/C25H21Cl2N5O2/c26-16-9-5-14(6-10-16)20-13-21(15-7-11-17(27)12-8-15)32-24(28-20)29-25(30-32)31-22(33)18-3-1-2-4-19(18)23(31)34/h1-2,5-12,18-21H,3-4,13H2,(H,28,29,30). The monoisotopic (exact) mass is 493 g/mol. The number of allylic oxidation sites excluding steroid dienone is 2. The Labute approximate surface area is 206 Å². The quantitative estimate of drug-likeness (QED) is 0.401. The number of carbonyl (C=O) groups excluding carboxylic acids is 2. The van der Waals surface area contributed by atoms with Gasteiger partial charge >= 0.3 is 0 Å². The van der Waals surface area contributed by atoms with E-state index in [1.54, 1.807) is 4.68 Å². The molecule has 2 aromatic carbocycles. The van der Waals surface area contributed by atoms with Crippen LogP contribution in [0.3, 0.4) is 0 Å². The molecule has 2 amide bonds. The Morgan fingerprint density at radius 2 is 1.38 bits per heavy atom. The average Bonchev–Trinajstić information content (AvgIpc) is 3.38. The first kappa shape index (κ1) is 21.4. The summed E-state index contributed by atoms with van der Waals surface area (Å²) in [6.45, 7) is 0. The molecule has 34 heavy (non-hydrogen) atoms. The van der Waals surface area contributed by atoms with E-state index in [4.69, 9.17) is 23.2 Å². The molecule has 0 saturated carbocycles. The number of imide groups is 1. The number of nitrogens with one attached hydrogen (secondary N) is 1. The number of anilines is 2. The van der Waals surface area contributed by atoms with Crippen molar-refractivity contribution < 1.29 is 9.59 Å². The Morgan fingerprint density at radius 1 is 0.824 bits per heavy atom. The molecule has 6 rings (SSSR count). The lowest BCUT2D eigenvalue weighted by molar-refractivity contribution is -0.122. The van der Waals surface area contributed by atoms with E-state index < -0.39 is 0 Å². The number of amides is 2. The fraction of sp³-hybridized carbons (Fsp3) is 0.280. The van der Waals surface area contributed by atoms with E-state index in [9.17, 15) is 9.59 Å². The number of carbonyl (C=O) groups is 2. The van der Waals surface area contributed by atoms with E-state index in [0.29, 0.717) is 35.3 Å². The van der Waals surface area contributed by atoms with Crippen LogP contribution < -0.4 is 10.2 Å². The molecule has 3 heterocycles. The molecule has 4 unspecified atom stereocenters. The second-order valence-corrected chi connectivity index (χ2v) is 9.77. The van der Waals surface area contributed by atoms with Crippen LogP contribution in [0, 0.1) is 11.8 Å². The first-order chi connectivity index (χ1) is 16.5. The van der Waals surface area contributed by atoms with Crippen molar-refractivity contribution in [3.05, 3.63) is 81.9 Å². The predicted molar refractivity (Wildman–Crippen MR) is 130 cm³/mol. The SMILES string of the molecule is O=C1C2CC=CCC2C(=O)N1c1nc2n(n1)C(c1ccc(Cl)cc1)CC(c1ccc(Cl)cc1)N2. The number of hydrogen-bond donors (Lipinski definition) is 1. The Bertz CT molecular complexity index is 1280. The molecule has 0 bridgehead atoms. The van der Waals surface area contributed by atoms with Crippen molar-refractivity contribution in [3.63, 3.8) is 0 Å². The highest BCUT2D eigenvalue weighted by molar-refractivity contribution is 6.30. The third-order valence-corrected chi connectivity index (χ3v) is 7.42. The lowest BCUT2D eigenvalue weighted by Gasteiger charge is -2.31. The molecule has 4 atom stereocenters. The normalized spacial score (nSPS) is 25.8. The van der Waals surface area contributed by atoms with E-state index in [0.717, 1.165) is 11.1 Å². The number of rotatable bonds is 3.